The molecule has 0 radical (unpaired) electrons. The molecular weight excluding hydrogens is 386 g/mol. The van der Waals surface area contributed by atoms with Gasteiger partial charge in [0.25, 0.3) is 0 Å². The van der Waals surface area contributed by atoms with Gasteiger partial charge in [-0.1, -0.05) is 38.1 Å². The van der Waals surface area contributed by atoms with Gasteiger partial charge >= 0.3 is 0 Å². The van der Waals surface area contributed by atoms with Crippen LogP contribution in [0.1, 0.15) is 31.0 Å². The van der Waals surface area contributed by atoms with Crippen LogP contribution in [0.5, 0.6) is 5.75 Å². The zero-order valence-electron chi connectivity index (χ0n) is 19.1. The maximum Gasteiger partial charge on any atom is 0.128 e. The van der Waals surface area contributed by atoms with Crippen molar-refractivity contribution < 1.29 is 4.74 Å². The van der Waals surface area contributed by atoms with E-state index in [1.165, 1.54) is 16.7 Å². The highest BCUT2D eigenvalue weighted by atomic mass is 16.5. The predicted molar refractivity (Wildman–Crippen MR) is 127 cm³/mol. The molecular formula is C25H31N5O. The number of anilines is 1. The molecule has 2 aromatic carbocycles. The van der Waals surface area contributed by atoms with Crippen molar-refractivity contribution in [3.8, 4) is 28.0 Å². The maximum absolute atomic E-state index is 5.69. The second-order valence-corrected chi connectivity index (χ2v) is 7.94. The van der Waals surface area contributed by atoms with Crippen molar-refractivity contribution in [2.24, 2.45) is 14.1 Å². The Morgan fingerprint density at radius 1 is 0.935 bits per heavy atom. The molecule has 4 rings (SSSR count). The Bertz CT molecular complexity index is 1160. The van der Waals surface area contributed by atoms with Gasteiger partial charge in [-0.3, -0.25) is 9.36 Å². The van der Waals surface area contributed by atoms with Crippen LogP contribution in [0.3, 0.4) is 0 Å². The number of nitrogens with two attached hydrogens (primary N) is 1. The lowest BCUT2D eigenvalue weighted by molar-refractivity contribution is 0.416. The Morgan fingerprint density at radius 2 is 1.71 bits per heavy atom. The predicted octanol–water partition coefficient (Wildman–Crippen LogP) is 5.20. The van der Waals surface area contributed by atoms with Crippen molar-refractivity contribution in [2.75, 3.05) is 12.8 Å². The summed E-state index contributed by atoms with van der Waals surface area (Å²) >= 11 is 0. The number of ether oxygens (including phenoxy) is 1. The van der Waals surface area contributed by atoms with Gasteiger partial charge in [0.2, 0.25) is 0 Å². The summed E-state index contributed by atoms with van der Waals surface area (Å²) in [4.78, 5) is 0. The number of methoxy groups -OCH3 is 1. The minimum absolute atomic E-state index is 0.567. The molecule has 162 valence electrons. The summed E-state index contributed by atoms with van der Waals surface area (Å²) in [7, 11) is 5.48. The first-order valence-electron chi connectivity index (χ1n) is 10.3. The SMILES string of the molecule is COc1cc(N)ccc1-c1cnn(C)c1.Cc1nn(C)cc1-c1cccc(C(C)C)c1. The highest BCUT2D eigenvalue weighted by molar-refractivity contribution is 5.72. The van der Waals surface area contributed by atoms with E-state index in [4.69, 9.17) is 10.5 Å². The number of aryl methyl sites for hydroxylation is 3. The van der Waals surface area contributed by atoms with Gasteiger partial charge in [0, 0.05) is 54.9 Å². The standard InChI is InChI=1S/C14H18N2.C11H13N3O/c1-10(2)12-6-5-7-13(8-12)14-9-16(4)15-11(14)3;1-14-7-8(6-13-14)10-4-3-9(12)5-11(10)15-2/h5-10H,1-4H3;3-7H,12H2,1-2H3. The molecule has 0 unspecified atom stereocenters. The van der Waals surface area contributed by atoms with Crippen molar-refractivity contribution in [1.82, 2.24) is 19.6 Å². The third-order valence-corrected chi connectivity index (χ3v) is 5.12. The molecule has 0 aliphatic heterocycles. The normalized spacial score (nSPS) is 10.7. The van der Waals surface area contributed by atoms with E-state index in [0.717, 1.165) is 22.6 Å². The fourth-order valence-electron chi connectivity index (χ4n) is 3.45. The fourth-order valence-corrected chi connectivity index (χ4v) is 3.45. The van der Waals surface area contributed by atoms with E-state index < -0.39 is 0 Å². The molecule has 0 saturated carbocycles. The van der Waals surface area contributed by atoms with Crippen LogP contribution in [0.25, 0.3) is 22.3 Å². The maximum atomic E-state index is 5.69. The van der Waals surface area contributed by atoms with Crippen LogP contribution in [0.2, 0.25) is 0 Å². The first kappa shape index (κ1) is 22.2. The van der Waals surface area contributed by atoms with Gasteiger partial charge in [0.05, 0.1) is 19.0 Å². The molecule has 0 saturated heterocycles. The average molecular weight is 418 g/mol. The molecule has 0 atom stereocenters. The van der Waals surface area contributed by atoms with E-state index in [0.29, 0.717) is 11.6 Å². The zero-order valence-corrected chi connectivity index (χ0v) is 19.1. The first-order chi connectivity index (χ1) is 14.8. The van der Waals surface area contributed by atoms with Crippen LogP contribution in [0.4, 0.5) is 5.69 Å². The molecule has 31 heavy (non-hydrogen) atoms. The summed E-state index contributed by atoms with van der Waals surface area (Å²) in [6.45, 7) is 6.49. The summed E-state index contributed by atoms with van der Waals surface area (Å²) in [5.74, 6) is 1.33. The van der Waals surface area contributed by atoms with Crippen LogP contribution < -0.4 is 10.5 Å². The smallest absolute Gasteiger partial charge is 0.128 e. The second kappa shape index (κ2) is 9.51. The van der Waals surface area contributed by atoms with Gasteiger partial charge in [-0.05, 0) is 36.1 Å². The highest BCUT2D eigenvalue weighted by Crippen LogP contribution is 2.31. The molecule has 0 aliphatic carbocycles. The average Bonchev–Trinajstić information content (AvgIpc) is 3.32. The molecule has 2 N–H and O–H groups in total. The number of rotatable bonds is 4. The van der Waals surface area contributed by atoms with Gasteiger partial charge in [0.1, 0.15) is 5.75 Å². The summed E-state index contributed by atoms with van der Waals surface area (Å²) in [6.07, 6.45) is 5.82. The van der Waals surface area contributed by atoms with Crippen LogP contribution >= 0.6 is 0 Å². The summed E-state index contributed by atoms with van der Waals surface area (Å²) in [5.41, 5.74) is 13.4. The molecule has 6 nitrogen and oxygen atoms in total. The van der Waals surface area contributed by atoms with Crippen molar-refractivity contribution in [1.29, 1.82) is 0 Å². The monoisotopic (exact) mass is 417 g/mol. The fraction of sp³-hybridized carbons (Fsp3) is 0.280. The number of benzene rings is 2. The van der Waals surface area contributed by atoms with Gasteiger partial charge in [-0.15, -0.1) is 0 Å². The lowest BCUT2D eigenvalue weighted by Gasteiger charge is -2.07. The van der Waals surface area contributed by atoms with E-state index in [9.17, 15) is 0 Å². The molecule has 2 aromatic heterocycles. The van der Waals surface area contributed by atoms with E-state index >= 15 is 0 Å². The summed E-state index contributed by atoms with van der Waals surface area (Å²) in [5, 5.41) is 8.50. The Kier molecular flexibility index (Phi) is 6.80. The third kappa shape index (κ3) is 5.34. The number of nitrogens with zero attached hydrogens (tertiary/aromatic N) is 4. The van der Waals surface area contributed by atoms with Crippen LogP contribution in [0, 0.1) is 6.92 Å². The molecule has 0 aliphatic rings. The molecule has 4 aromatic rings. The van der Waals surface area contributed by atoms with Crippen molar-refractivity contribution in [3.63, 3.8) is 0 Å². The number of hydrogen-bond donors (Lipinski definition) is 1. The van der Waals surface area contributed by atoms with Crippen LogP contribution in [0.15, 0.2) is 61.1 Å². The van der Waals surface area contributed by atoms with E-state index in [1.54, 1.807) is 18.0 Å². The summed E-state index contributed by atoms with van der Waals surface area (Å²) in [6, 6.07) is 14.3. The van der Waals surface area contributed by atoms with Crippen LogP contribution in [-0.2, 0) is 14.1 Å². The minimum atomic E-state index is 0.567. The number of nitrogen functional groups attached to an aromatic ring is 1. The second-order valence-electron chi connectivity index (χ2n) is 7.94. The van der Waals surface area contributed by atoms with E-state index in [-0.39, 0.29) is 0 Å². The zero-order chi connectivity index (χ0) is 22.5. The van der Waals surface area contributed by atoms with E-state index in [2.05, 4.69) is 61.4 Å². The Hall–Kier alpha value is -3.54. The largest absolute Gasteiger partial charge is 0.496 e. The Morgan fingerprint density at radius 3 is 2.29 bits per heavy atom. The first-order valence-corrected chi connectivity index (χ1v) is 10.3. The van der Waals surface area contributed by atoms with Crippen molar-refractivity contribution in [3.05, 3.63) is 72.3 Å². The van der Waals surface area contributed by atoms with Crippen molar-refractivity contribution >= 4 is 5.69 Å². The summed E-state index contributed by atoms with van der Waals surface area (Å²) < 4.78 is 8.90. The number of hydrogen-bond acceptors (Lipinski definition) is 4. The lowest BCUT2D eigenvalue weighted by Crippen LogP contribution is -1.90. The molecule has 0 fully saturated rings. The molecule has 0 spiro atoms. The molecule has 6 heteroatoms. The lowest BCUT2D eigenvalue weighted by atomic mass is 9.98. The molecule has 0 amide bonds. The Balaban J connectivity index is 0.000000176. The number of aromatic nitrogens is 4. The van der Waals surface area contributed by atoms with Gasteiger partial charge in [-0.2, -0.15) is 10.2 Å². The van der Waals surface area contributed by atoms with Gasteiger partial charge in [0.15, 0.2) is 0 Å². The minimum Gasteiger partial charge on any atom is -0.496 e. The van der Waals surface area contributed by atoms with Gasteiger partial charge in [-0.25, -0.2) is 0 Å². The highest BCUT2D eigenvalue weighted by Gasteiger charge is 2.08. The molecule has 2 heterocycles. The third-order valence-electron chi connectivity index (χ3n) is 5.12. The quantitative estimate of drug-likeness (QED) is 0.464. The molecule has 0 bridgehead atoms. The Labute approximate surface area is 184 Å². The van der Waals surface area contributed by atoms with E-state index in [1.807, 2.05) is 43.2 Å². The van der Waals surface area contributed by atoms with Crippen LogP contribution in [-0.4, -0.2) is 26.7 Å². The van der Waals surface area contributed by atoms with Crippen molar-refractivity contribution in [2.45, 2.75) is 26.7 Å². The topological polar surface area (TPSA) is 70.9 Å². The van der Waals surface area contributed by atoms with Gasteiger partial charge < -0.3 is 10.5 Å².